The monoisotopic (exact) mass is 569 g/mol. The Morgan fingerprint density at radius 2 is 1.74 bits per heavy atom. The Balaban J connectivity index is 1.51. The van der Waals surface area contributed by atoms with Gasteiger partial charge in [-0.25, -0.2) is 0 Å². The molecule has 1 unspecified atom stereocenters. The topological polar surface area (TPSA) is 96.9 Å². The number of aromatic hydroxyl groups is 1. The number of nitrogens with zero attached hydrogens (tertiary/aromatic N) is 2. The van der Waals surface area contributed by atoms with Gasteiger partial charge in [-0.1, -0.05) is 44.0 Å². The van der Waals surface area contributed by atoms with Gasteiger partial charge in [-0.05, 0) is 79.3 Å². The van der Waals surface area contributed by atoms with Crippen molar-refractivity contribution >= 4 is 5.91 Å². The number of amides is 1. The SMILES string of the molecule is CCCCCOc1ccc(C2c3c(-c4cc(C)cc(C)c4O)n[nH]c3C(=O)N2CCc2ccc(OC)c(OC)c2)cc1. The molecule has 0 bridgehead atoms. The highest BCUT2D eigenvalue weighted by Gasteiger charge is 2.42. The first kappa shape index (κ1) is 29.0. The van der Waals surface area contributed by atoms with Crippen LogP contribution in [-0.4, -0.2) is 53.5 Å². The Labute approximate surface area is 247 Å². The predicted molar refractivity (Wildman–Crippen MR) is 163 cm³/mol. The molecule has 0 saturated heterocycles. The molecule has 2 heterocycles. The van der Waals surface area contributed by atoms with Crippen molar-refractivity contribution in [3.63, 3.8) is 0 Å². The number of hydrogen-bond donors (Lipinski definition) is 2. The summed E-state index contributed by atoms with van der Waals surface area (Å²) in [5.74, 6) is 2.15. The molecule has 8 nitrogen and oxygen atoms in total. The molecule has 8 heteroatoms. The highest BCUT2D eigenvalue weighted by Crippen LogP contribution is 2.45. The average Bonchev–Trinajstić information content (AvgIpc) is 3.54. The summed E-state index contributed by atoms with van der Waals surface area (Å²) >= 11 is 0. The van der Waals surface area contributed by atoms with Gasteiger partial charge in [0.05, 0.1) is 26.9 Å². The third kappa shape index (κ3) is 5.66. The molecule has 4 aromatic rings. The van der Waals surface area contributed by atoms with Gasteiger partial charge < -0.3 is 24.2 Å². The molecule has 1 aromatic heterocycles. The van der Waals surface area contributed by atoms with Crippen molar-refractivity contribution in [3.05, 3.63) is 88.1 Å². The van der Waals surface area contributed by atoms with E-state index < -0.39 is 6.04 Å². The summed E-state index contributed by atoms with van der Waals surface area (Å²) in [6, 6.07) is 17.2. The van der Waals surface area contributed by atoms with Gasteiger partial charge >= 0.3 is 0 Å². The minimum atomic E-state index is -0.393. The second-order valence-electron chi connectivity index (χ2n) is 10.8. The minimum absolute atomic E-state index is 0.127. The first-order chi connectivity index (χ1) is 20.4. The summed E-state index contributed by atoms with van der Waals surface area (Å²) in [7, 11) is 3.22. The first-order valence-corrected chi connectivity index (χ1v) is 14.5. The molecule has 0 saturated carbocycles. The lowest BCUT2D eigenvalue weighted by molar-refractivity contribution is 0.0746. The normalized spacial score (nSPS) is 14.3. The fraction of sp³-hybridized carbons (Fsp3) is 0.353. The van der Waals surface area contributed by atoms with Crippen LogP contribution in [0.25, 0.3) is 11.3 Å². The number of carbonyl (C=O) groups excluding carboxylic acids is 1. The lowest BCUT2D eigenvalue weighted by Gasteiger charge is -2.27. The number of nitrogens with one attached hydrogen (secondary N) is 1. The van der Waals surface area contributed by atoms with E-state index in [1.54, 1.807) is 14.2 Å². The van der Waals surface area contributed by atoms with Crippen LogP contribution in [0.4, 0.5) is 0 Å². The van der Waals surface area contributed by atoms with Crippen molar-refractivity contribution in [3.8, 4) is 34.3 Å². The van der Waals surface area contributed by atoms with Crippen LogP contribution in [0.5, 0.6) is 23.0 Å². The number of aryl methyl sites for hydroxylation is 2. The summed E-state index contributed by atoms with van der Waals surface area (Å²) < 4.78 is 16.8. The van der Waals surface area contributed by atoms with Crippen molar-refractivity contribution in [2.45, 2.75) is 52.5 Å². The number of carbonyl (C=O) groups is 1. The van der Waals surface area contributed by atoms with E-state index in [1.807, 2.05) is 73.3 Å². The second-order valence-corrected chi connectivity index (χ2v) is 10.8. The van der Waals surface area contributed by atoms with Gasteiger partial charge in [0.25, 0.3) is 5.91 Å². The van der Waals surface area contributed by atoms with Gasteiger partial charge in [0.1, 0.15) is 22.9 Å². The van der Waals surface area contributed by atoms with Gasteiger partial charge in [-0.3, -0.25) is 9.89 Å². The lowest BCUT2D eigenvalue weighted by atomic mass is 9.94. The number of fused-ring (bicyclic) bond motifs is 1. The van der Waals surface area contributed by atoms with Crippen LogP contribution in [0.3, 0.4) is 0 Å². The summed E-state index contributed by atoms with van der Waals surface area (Å²) in [5.41, 5.74) is 6.15. The zero-order valence-electron chi connectivity index (χ0n) is 25.0. The molecule has 5 rings (SSSR count). The maximum Gasteiger partial charge on any atom is 0.273 e. The molecular formula is C34H39N3O5. The van der Waals surface area contributed by atoms with Crippen LogP contribution < -0.4 is 14.2 Å². The zero-order chi connectivity index (χ0) is 29.8. The smallest absolute Gasteiger partial charge is 0.273 e. The summed E-state index contributed by atoms with van der Waals surface area (Å²) in [5, 5.41) is 18.6. The van der Waals surface area contributed by atoms with Gasteiger partial charge in [0, 0.05) is 17.7 Å². The van der Waals surface area contributed by atoms with Crippen molar-refractivity contribution < 1.29 is 24.1 Å². The molecular weight excluding hydrogens is 530 g/mol. The summed E-state index contributed by atoms with van der Waals surface area (Å²) in [6.45, 7) is 7.17. The van der Waals surface area contributed by atoms with E-state index in [4.69, 9.17) is 14.2 Å². The number of phenols is 1. The van der Waals surface area contributed by atoms with Crippen LogP contribution in [0.1, 0.15) is 70.5 Å². The Hall–Kier alpha value is -4.46. The number of aromatic nitrogens is 2. The van der Waals surface area contributed by atoms with E-state index in [0.717, 1.165) is 52.8 Å². The lowest BCUT2D eigenvalue weighted by Crippen LogP contribution is -2.31. The van der Waals surface area contributed by atoms with E-state index in [0.29, 0.717) is 48.0 Å². The van der Waals surface area contributed by atoms with Crippen LogP contribution in [0.2, 0.25) is 0 Å². The number of phenolic OH excluding ortho intramolecular Hbond substituents is 1. The summed E-state index contributed by atoms with van der Waals surface area (Å²) in [6.07, 6.45) is 3.90. The number of ether oxygens (including phenoxy) is 3. The maximum absolute atomic E-state index is 13.9. The fourth-order valence-electron chi connectivity index (χ4n) is 5.69. The second kappa shape index (κ2) is 12.6. The molecule has 0 radical (unpaired) electrons. The highest BCUT2D eigenvalue weighted by molar-refractivity contribution is 6.00. The number of aromatic amines is 1. The van der Waals surface area contributed by atoms with Gasteiger partial charge in [-0.15, -0.1) is 0 Å². The fourth-order valence-corrected chi connectivity index (χ4v) is 5.69. The average molecular weight is 570 g/mol. The molecule has 3 aromatic carbocycles. The van der Waals surface area contributed by atoms with Gasteiger partial charge in [0.15, 0.2) is 11.5 Å². The van der Waals surface area contributed by atoms with Crippen LogP contribution in [0.15, 0.2) is 54.6 Å². The largest absolute Gasteiger partial charge is 0.507 e. The summed E-state index contributed by atoms with van der Waals surface area (Å²) in [4.78, 5) is 15.8. The van der Waals surface area contributed by atoms with Crippen molar-refractivity contribution in [2.24, 2.45) is 0 Å². The molecule has 42 heavy (non-hydrogen) atoms. The number of H-pyrrole nitrogens is 1. The van der Waals surface area contributed by atoms with E-state index in [1.165, 1.54) is 0 Å². The molecule has 220 valence electrons. The van der Waals surface area contributed by atoms with Crippen molar-refractivity contribution in [1.29, 1.82) is 0 Å². The standard InChI is InChI=1S/C34H39N3O5/c1-6-7-8-17-42-25-12-10-24(11-13-25)32-29-30(26-19-21(2)18-22(3)33(26)38)35-36-31(29)34(39)37(32)16-15-23-9-14-27(40-4)28(20-23)41-5/h9-14,18-20,32,38H,6-8,15-17H2,1-5H3,(H,35,36). The van der Waals surface area contributed by atoms with Crippen molar-refractivity contribution in [2.75, 3.05) is 27.4 Å². The Bertz CT molecular complexity index is 1560. The van der Waals surface area contributed by atoms with Crippen LogP contribution >= 0.6 is 0 Å². The minimum Gasteiger partial charge on any atom is -0.507 e. The molecule has 1 atom stereocenters. The Morgan fingerprint density at radius 3 is 2.45 bits per heavy atom. The van der Waals surface area contributed by atoms with E-state index >= 15 is 0 Å². The molecule has 1 aliphatic heterocycles. The van der Waals surface area contributed by atoms with Gasteiger partial charge in [-0.2, -0.15) is 5.10 Å². The number of rotatable bonds is 12. The third-order valence-electron chi connectivity index (χ3n) is 7.87. The van der Waals surface area contributed by atoms with E-state index in [2.05, 4.69) is 17.1 Å². The van der Waals surface area contributed by atoms with Gasteiger partial charge in [0.2, 0.25) is 0 Å². The number of unbranched alkanes of at least 4 members (excludes halogenated alkanes) is 2. The zero-order valence-corrected chi connectivity index (χ0v) is 25.0. The van der Waals surface area contributed by atoms with E-state index in [-0.39, 0.29) is 11.7 Å². The van der Waals surface area contributed by atoms with Crippen LogP contribution in [0, 0.1) is 13.8 Å². The molecule has 0 fully saturated rings. The Morgan fingerprint density at radius 1 is 0.976 bits per heavy atom. The van der Waals surface area contributed by atoms with E-state index in [9.17, 15) is 9.90 Å². The number of methoxy groups -OCH3 is 2. The number of hydrogen-bond acceptors (Lipinski definition) is 6. The first-order valence-electron chi connectivity index (χ1n) is 14.5. The Kier molecular flexibility index (Phi) is 8.71. The molecule has 2 N–H and O–H groups in total. The molecule has 1 aliphatic rings. The molecule has 0 aliphatic carbocycles. The predicted octanol–water partition coefficient (Wildman–Crippen LogP) is 6.77. The molecule has 1 amide bonds. The number of benzene rings is 3. The van der Waals surface area contributed by atoms with Crippen LogP contribution in [-0.2, 0) is 6.42 Å². The maximum atomic E-state index is 13.9. The van der Waals surface area contributed by atoms with Crippen molar-refractivity contribution in [1.82, 2.24) is 15.1 Å². The quantitative estimate of drug-likeness (QED) is 0.183. The highest BCUT2D eigenvalue weighted by atomic mass is 16.5. The molecule has 0 spiro atoms. The third-order valence-corrected chi connectivity index (χ3v) is 7.87.